The van der Waals surface area contributed by atoms with Gasteiger partial charge in [0.25, 0.3) is 5.91 Å². The number of aromatic nitrogens is 1. The zero-order valence-electron chi connectivity index (χ0n) is 16.2. The van der Waals surface area contributed by atoms with Crippen LogP contribution in [0.1, 0.15) is 29.8 Å². The number of likely N-dealkylation sites (tertiary alicyclic amines) is 1. The lowest BCUT2D eigenvalue weighted by atomic mass is 9.90. The average Bonchev–Trinajstić information content (AvgIpc) is 2.77. The Morgan fingerprint density at radius 1 is 1.00 bits per heavy atom. The second-order valence-corrected chi connectivity index (χ2v) is 7.09. The Bertz CT molecular complexity index is 885. The number of hydrogen-bond donors (Lipinski definition) is 2. The SMILES string of the molecule is O=C(C=Cc1cccc(C=CC(=O)N2CCC(Cc3ccccc3)CC2)n1)NO. The number of piperidine rings is 1. The van der Waals surface area contributed by atoms with E-state index in [2.05, 4.69) is 29.2 Å². The van der Waals surface area contributed by atoms with Crippen LogP contribution in [0.2, 0.25) is 0 Å². The van der Waals surface area contributed by atoms with Crippen LogP contribution >= 0.6 is 0 Å². The van der Waals surface area contributed by atoms with Crippen LogP contribution in [-0.2, 0) is 16.0 Å². The molecule has 1 saturated heterocycles. The molecule has 2 amide bonds. The van der Waals surface area contributed by atoms with Gasteiger partial charge in [-0.2, -0.15) is 0 Å². The third-order valence-corrected chi connectivity index (χ3v) is 5.00. The summed E-state index contributed by atoms with van der Waals surface area (Å²) in [5.41, 5.74) is 4.07. The molecule has 3 rings (SSSR count). The number of benzene rings is 1. The van der Waals surface area contributed by atoms with E-state index in [0.717, 1.165) is 32.4 Å². The summed E-state index contributed by atoms with van der Waals surface area (Å²) in [6.07, 6.45) is 9.00. The van der Waals surface area contributed by atoms with E-state index in [4.69, 9.17) is 5.21 Å². The number of hydroxylamine groups is 1. The minimum atomic E-state index is -0.626. The highest BCUT2D eigenvalue weighted by Crippen LogP contribution is 2.22. The molecule has 0 saturated carbocycles. The molecule has 29 heavy (non-hydrogen) atoms. The van der Waals surface area contributed by atoms with Crippen molar-refractivity contribution in [2.45, 2.75) is 19.3 Å². The molecule has 0 spiro atoms. The summed E-state index contributed by atoms with van der Waals surface area (Å²) in [4.78, 5) is 29.8. The van der Waals surface area contributed by atoms with E-state index in [9.17, 15) is 9.59 Å². The van der Waals surface area contributed by atoms with Crippen LogP contribution in [-0.4, -0.2) is 40.0 Å². The zero-order chi connectivity index (χ0) is 20.5. The average molecular weight is 391 g/mol. The maximum absolute atomic E-state index is 12.5. The number of amides is 2. The fraction of sp³-hybridized carbons (Fsp3) is 0.261. The molecule has 0 bridgehead atoms. The molecule has 0 aliphatic carbocycles. The summed E-state index contributed by atoms with van der Waals surface area (Å²) in [6, 6.07) is 15.8. The lowest BCUT2D eigenvalue weighted by Crippen LogP contribution is -2.37. The van der Waals surface area contributed by atoms with E-state index >= 15 is 0 Å². The van der Waals surface area contributed by atoms with Crippen molar-refractivity contribution >= 4 is 24.0 Å². The summed E-state index contributed by atoms with van der Waals surface area (Å²) in [7, 11) is 0. The van der Waals surface area contributed by atoms with Gasteiger partial charge in [0.15, 0.2) is 0 Å². The van der Waals surface area contributed by atoms with Crippen LogP contribution in [0.3, 0.4) is 0 Å². The molecule has 2 heterocycles. The van der Waals surface area contributed by atoms with Gasteiger partial charge in [-0.05, 0) is 55.0 Å². The first-order valence-electron chi connectivity index (χ1n) is 9.74. The minimum absolute atomic E-state index is 0.00874. The number of hydrogen-bond acceptors (Lipinski definition) is 4. The molecular weight excluding hydrogens is 366 g/mol. The van der Waals surface area contributed by atoms with Crippen LogP contribution in [0, 0.1) is 5.92 Å². The maximum atomic E-state index is 12.5. The van der Waals surface area contributed by atoms with Gasteiger partial charge < -0.3 is 4.90 Å². The molecule has 1 fully saturated rings. The predicted molar refractivity (Wildman–Crippen MR) is 112 cm³/mol. The Hall–Kier alpha value is -3.25. The van der Waals surface area contributed by atoms with Crippen molar-refractivity contribution in [1.82, 2.24) is 15.4 Å². The van der Waals surface area contributed by atoms with Gasteiger partial charge >= 0.3 is 0 Å². The van der Waals surface area contributed by atoms with Gasteiger partial charge in [-0.1, -0.05) is 36.4 Å². The maximum Gasteiger partial charge on any atom is 0.267 e. The van der Waals surface area contributed by atoms with Gasteiger partial charge in [0.1, 0.15) is 0 Å². The Kier molecular flexibility index (Phi) is 7.30. The third kappa shape index (κ3) is 6.40. The molecule has 1 aromatic carbocycles. The number of pyridine rings is 1. The van der Waals surface area contributed by atoms with E-state index in [1.807, 2.05) is 11.0 Å². The topological polar surface area (TPSA) is 82.5 Å². The van der Waals surface area contributed by atoms with E-state index in [0.29, 0.717) is 17.3 Å². The van der Waals surface area contributed by atoms with E-state index < -0.39 is 5.91 Å². The van der Waals surface area contributed by atoms with Crippen molar-refractivity contribution in [1.29, 1.82) is 0 Å². The molecule has 0 unspecified atom stereocenters. The molecule has 6 heteroatoms. The van der Waals surface area contributed by atoms with Crippen LogP contribution < -0.4 is 5.48 Å². The third-order valence-electron chi connectivity index (χ3n) is 5.00. The van der Waals surface area contributed by atoms with Crippen LogP contribution in [0.4, 0.5) is 0 Å². The molecule has 150 valence electrons. The minimum Gasteiger partial charge on any atom is -0.339 e. The Morgan fingerprint density at radius 3 is 2.31 bits per heavy atom. The number of nitrogens with one attached hydrogen (secondary N) is 1. The van der Waals surface area contributed by atoms with Crippen molar-refractivity contribution in [3.05, 3.63) is 77.6 Å². The molecule has 2 aromatic rings. The second-order valence-electron chi connectivity index (χ2n) is 7.09. The highest BCUT2D eigenvalue weighted by molar-refractivity contribution is 5.92. The van der Waals surface area contributed by atoms with Gasteiger partial charge in [-0.25, -0.2) is 10.5 Å². The van der Waals surface area contributed by atoms with Gasteiger partial charge in [0, 0.05) is 25.2 Å². The van der Waals surface area contributed by atoms with Gasteiger partial charge in [-0.15, -0.1) is 0 Å². The summed E-state index contributed by atoms with van der Waals surface area (Å²) in [5.74, 6) is -0.0177. The molecule has 6 nitrogen and oxygen atoms in total. The fourth-order valence-corrected chi connectivity index (χ4v) is 3.42. The highest BCUT2D eigenvalue weighted by Gasteiger charge is 2.21. The van der Waals surface area contributed by atoms with E-state index in [-0.39, 0.29) is 5.91 Å². The van der Waals surface area contributed by atoms with Gasteiger partial charge in [0.05, 0.1) is 11.4 Å². The molecule has 0 radical (unpaired) electrons. The summed E-state index contributed by atoms with van der Waals surface area (Å²) in [6.45, 7) is 1.54. The summed E-state index contributed by atoms with van der Waals surface area (Å²) < 4.78 is 0. The van der Waals surface area contributed by atoms with Crippen LogP contribution in [0.25, 0.3) is 12.2 Å². The first-order chi connectivity index (χ1) is 14.1. The molecule has 1 aromatic heterocycles. The molecular formula is C23H25N3O3. The first kappa shape index (κ1) is 20.5. The largest absolute Gasteiger partial charge is 0.339 e. The normalized spacial score (nSPS) is 15.1. The van der Waals surface area contributed by atoms with Crippen molar-refractivity contribution in [2.24, 2.45) is 5.92 Å². The smallest absolute Gasteiger partial charge is 0.267 e. The summed E-state index contributed by atoms with van der Waals surface area (Å²) in [5, 5.41) is 8.50. The second kappa shape index (κ2) is 10.3. The molecule has 2 N–H and O–H groups in total. The summed E-state index contributed by atoms with van der Waals surface area (Å²) >= 11 is 0. The monoisotopic (exact) mass is 391 g/mol. The number of nitrogens with zero attached hydrogens (tertiary/aromatic N) is 2. The zero-order valence-corrected chi connectivity index (χ0v) is 16.2. The van der Waals surface area contributed by atoms with Crippen molar-refractivity contribution in [3.63, 3.8) is 0 Å². The van der Waals surface area contributed by atoms with Crippen molar-refractivity contribution in [3.8, 4) is 0 Å². The quantitative estimate of drug-likeness (QED) is 0.450. The van der Waals surface area contributed by atoms with Gasteiger partial charge in [0.2, 0.25) is 5.91 Å². The number of rotatable bonds is 6. The Labute approximate surface area is 170 Å². The van der Waals surface area contributed by atoms with Crippen LogP contribution in [0.5, 0.6) is 0 Å². The first-order valence-corrected chi connectivity index (χ1v) is 9.74. The number of carbonyl (C=O) groups excluding carboxylic acids is 2. The standard InChI is InChI=1S/C23H25N3O3/c27-22(25-29)11-9-20-7-4-8-21(24-20)10-12-23(28)26-15-13-19(14-16-26)17-18-5-2-1-3-6-18/h1-12,19,29H,13-17H2,(H,25,27). The molecule has 1 aliphatic heterocycles. The highest BCUT2D eigenvalue weighted by atomic mass is 16.5. The van der Waals surface area contributed by atoms with Crippen LogP contribution in [0.15, 0.2) is 60.7 Å². The predicted octanol–water partition coefficient (Wildman–Crippen LogP) is 3.09. The Morgan fingerprint density at radius 2 is 1.66 bits per heavy atom. The number of carbonyl (C=O) groups is 2. The van der Waals surface area contributed by atoms with Crippen molar-refractivity contribution in [2.75, 3.05) is 13.1 Å². The fourth-order valence-electron chi connectivity index (χ4n) is 3.42. The van der Waals surface area contributed by atoms with E-state index in [1.54, 1.807) is 30.4 Å². The lowest BCUT2D eigenvalue weighted by molar-refractivity contribution is -0.127. The van der Waals surface area contributed by atoms with Gasteiger partial charge in [-0.3, -0.25) is 14.8 Å². The molecule has 1 aliphatic rings. The van der Waals surface area contributed by atoms with Crippen molar-refractivity contribution < 1.29 is 14.8 Å². The lowest BCUT2D eigenvalue weighted by Gasteiger charge is -2.31. The van der Waals surface area contributed by atoms with E-state index in [1.165, 1.54) is 23.2 Å². The Balaban J connectivity index is 1.51. The molecule has 0 atom stereocenters.